The summed E-state index contributed by atoms with van der Waals surface area (Å²) in [6.45, 7) is 0.406. The number of amides is 2. The highest BCUT2D eigenvalue weighted by Gasteiger charge is 2.34. The SMILES string of the molecule is Cn1nc2cccc(Br)c2c1CCCN1C(=O)c2ccccc2C1=O. The van der Waals surface area contributed by atoms with Gasteiger partial charge in [0.2, 0.25) is 0 Å². The van der Waals surface area contributed by atoms with Gasteiger partial charge in [0.25, 0.3) is 11.8 Å². The number of aromatic nitrogens is 2. The number of benzene rings is 2. The maximum atomic E-state index is 12.4. The molecule has 4 rings (SSSR count). The van der Waals surface area contributed by atoms with Gasteiger partial charge in [-0.2, -0.15) is 5.10 Å². The Balaban J connectivity index is 1.52. The highest BCUT2D eigenvalue weighted by molar-refractivity contribution is 9.10. The van der Waals surface area contributed by atoms with Crippen LogP contribution >= 0.6 is 15.9 Å². The Morgan fingerprint density at radius 2 is 1.68 bits per heavy atom. The summed E-state index contributed by atoms with van der Waals surface area (Å²) in [6, 6.07) is 12.9. The molecule has 25 heavy (non-hydrogen) atoms. The van der Waals surface area contributed by atoms with Crippen LogP contribution in [0.3, 0.4) is 0 Å². The fourth-order valence-electron chi connectivity index (χ4n) is 3.40. The van der Waals surface area contributed by atoms with E-state index in [1.165, 1.54) is 4.90 Å². The van der Waals surface area contributed by atoms with Gasteiger partial charge in [-0.05, 0) is 37.1 Å². The van der Waals surface area contributed by atoms with Crippen molar-refractivity contribution in [2.75, 3.05) is 6.54 Å². The first-order valence-corrected chi connectivity index (χ1v) is 8.92. The number of aryl methyl sites for hydroxylation is 2. The number of hydrogen-bond donors (Lipinski definition) is 0. The molecule has 0 saturated carbocycles. The molecule has 1 aliphatic heterocycles. The Labute approximate surface area is 153 Å². The number of nitrogens with zero attached hydrogens (tertiary/aromatic N) is 3. The van der Waals surface area contributed by atoms with E-state index in [-0.39, 0.29) is 11.8 Å². The van der Waals surface area contributed by atoms with Crippen molar-refractivity contribution in [2.45, 2.75) is 12.8 Å². The van der Waals surface area contributed by atoms with E-state index in [0.717, 1.165) is 27.5 Å². The number of imide groups is 1. The Kier molecular flexibility index (Phi) is 3.92. The first-order chi connectivity index (χ1) is 12.1. The summed E-state index contributed by atoms with van der Waals surface area (Å²) in [5, 5.41) is 5.62. The molecule has 0 N–H and O–H groups in total. The fourth-order valence-corrected chi connectivity index (χ4v) is 3.98. The quantitative estimate of drug-likeness (QED) is 0.632. The van der Waals surface area contributed by atoms with Crippen molar-refractivity contribution in [1.82, 2.24) is 14.7 Å². The lowest BCUT2D eigenvalue weighted by atomic mass is 10.1. The molecule has 2 aromatic carbocycles. The molecule has 0 atom stereocenters. The first-order valence-electron chi connectivity index (χ1n) is 8.13. The van der Waals surface area contributed by atoms with E-state index in [4.69, 9.17) is 0 Å². The Morgan fingerprint density at radius 3 is 2.36 bits per heavy atom. The van der Waals surface area contributed by atoms with Gasteiger partial charge in [-0.1, -0.05) is 34.1 Å². The number of rotatable bonds is 4. The van der Waals surface area contributed by atoms with E-state index in [1.807, 2.05) is 29.9 Å². The molecule has 2 heterocycles. The van der Waals surface area contributed by atoms with Gasteiger partial charge < -0.3 is 0 Å². The van der Waals surface area contributed by atoms with Crippen LogP contribution < -0.4 is 0 Å². The average molecular weight is 398 g/mol. The van der Waals surface area contributed by atoms with Crippen LogP contribution in [-0.4, -0.2) is 33.0 Å². The van der Waals surface area contributed by atoms with E-state index in [2.05, 4.69) is 21.0 Å². The van der Waals surface area contributed by atoms with E-state index < -0.39 is 0 Å². The van der Waals surface area contributed by atoms with Crippen molar-refractivity contribution < 1.29 is 9.59 Å². The van der Waals surface area contributed by atoms with E-state index in [1.54, 1.807) is 24.3 Å². The molecule has 0 fully saturated rings. The molecule has 0 saturated heterocycles. The summed E-state index contributed by atoms with van der Waals surface area (Å²) >= 11 is 3.59. The molecule has 126 valence electrons. The number of carbonyl (C=O) groups excluding carboxylic acids is 2. The maximum absolute atomic E-state index is 12.4. The van der Waals surface area contributed by atoms with Crippen molar-refractivity contribution in [2.24, 2.45) is 7.05 Å². The van der Waals surface area contributed by atoms with Gasteiger partial charge in [-0.3, -0.25) is 19.2 Å². The number of carbonyl (C=O) groups is 2. The zero-order valence-corrected chi connectivity index (χ0v) is 15.3. The van der Waals surface area contributed by atoms with Crippen LogP contribution in [0.1, 0.15) is 32.8 Å². The average Bonchev–Trinajstić information content (AvgIpc) is 3.05. The van der Waals surface area contributed by atoms with Gasteiger partial charge in [-0.15, -0.1) is 0 Å². The molecular formula is C19H16BrN3O2. The van der Waals surface area contributed by atoms with Gasteiger partial charge in [-0.25, -0.2) is 0 Å². The third-order valence-electron chi connectivity index (χ3n) is 4.60. The second-order valence-corrected chi connectivity index (χ2v) is 6.97. The Hall–Kier alpha value is -2.47. The second-order valence-electron chi connectivity index (χ2n) is 6.12. The monoisotopic (exact) mass is 397 g/mol. The van der Waals surface area contributed by atoms with Gasteiger partial charge in [0.1, 0.15) is 0 Å². The largest absolute Gasteiger partial charge is 0.274 e. The number of hydrogen-bond acceptors (Lipinski definition) is 3. The first kappa shape index (κ1) is 16.0. The topological polar surface area (TPSA) is 55.2 Å². The summed E-state index contributed by atoms with van der Waals surface area (Å²) in [7, 11) is 1.92. The van der Waals surface area contributed by atoms with Crippen LogP contribution in [0, 0.1) is 0 Å². The highest BCUT2D eigenvalue weighted by atomic mass is 79.9. The van der Waals surface area contributed by atoms with Crippen LogP contribution in [0.15, 0.2) is 46.9 Å². The van der Waals surface area contributed by atoms with Crippen molar-refractivity contribution >= 4 is 38.6 Å². The zero-order valence-electron chi connectivity index (χ0n) is 13.7. The minimum atomic E-state index is -0.198. The molecule has 0 unspecified atom stereocenters. The van der Waals surface area contributed by atoms with E-state index >= 15 is 0 Å². The predicted octanol–water partition coefficient (Wildman–Crippen LogP) is 3.56. The fraction of sp³-hybridized carbons (Fsp3) is 0.211. The summed E-state index contributed by atoms with van der Waals surface area (Å²) in [5.41, 5.74) is 3.04. The third kappa shape index (κ3) is 2.57. The number of fused-ring (bicyclic) bond motifs is 2. The molecule has 1 aromatic heterocycles. The van der Waals surface area contributed by atoms with E-state index in [9.17, 15) is 9.59 Å². The van der Waals surface area contributed by atoms with Crippen molar-refractivity contribution in [3.05, 3.63) is 63.8 Å². The van der Waals surface area contributed by atoms with Crippen LogP contribution in [0.4, 0.5) is 0 Å². The molecule has 2 amide bonds. The molecule has 6 heteroatoms. The molecule has 5 nitrogen and oxygen atoms in total. The molecule has 0 bridgehead atoms. The summed E-state index contributed by atoms with van der Waals surface area (Å²) in [4.78, 5) is 26.2. The second kappa shape index (κ2) is 6.11. The molecular weight excluding hydrogens is 382 g/mol. The van der Waals surface area contributed by atoms with Crippen molar-refractivity contribution in [1.29, 1.82) is 0 Å². The lowest BCUT2D eigenvalue weighted by Gasteiger charge is -2.13. The molecule has 0 aliphatic carbocycles. The van der Waals surface area contributed by atoms with E-state index in [0.29, 0.717) is 24.1 Å². The normalized spacial score (nSPS) is 13.8. The van der Waals surface area contributed by atoms with Crippen LogP contribution in [0.2, 0.25) is 0 Å². The minimum Gasteiger partial charge on any atom is -0.274 e. The molecule has 1 aliphatic rings. The van der Waals surface area contributed by atoms with Crippen molar-refractivity contribution in [3.8, 4) is 0 Å². The van der Waals surface area contributed by atoms with Crippen LogP contribution in [-0.2, 0) is 13.5 Å². The smallest absolute Gasteiger partial charge is 0.261 e. The zero-order chi connectivity index (χ0) is 17.6. The Bertz CT molecular complexity index is 974. The molecule has 3 aromatic rings. The highest BCUT2D eigenvalue weighted by Crippen LogP contribution is 2.28. The summed E-state index contributed by atoms with van der Waals surface area (Å²) in [5.74, 6) is -0.395. The third-order valence-corrected chi connectivity index (χ3v) is 5.26. The predicted molar refractivity (Wildman–Crippen MR) is 98.5 cm³/mol. The summed E-state index contributed by atoms with van der Waals surface area (Å²) in [6.07, 6.45) is 1.43. The van der Waals surface area contributed by atoms with Gasteiger partial charge in [0.15, 0.2) is 0 Å². The molecule has 0 radical (unpaired) electrons. The van der Waals surface area contributed by atoms with Crippen LogP contribution in [0.25, 0.3) is 10.9 Å². The lowest BCUT2D eigenvalue weighted by molar-refractivity contribution is 0.0652. The molecule has 0 spiro atoms. The maximum Gasteiger partial charge on any atom is 0.261 e. The minimum absolute atomic E-state index is 0.198. The lowest BCUT2D eigenvalue weighted by Crippen LogP contribution is -2.31. The van der Waals surface area contributed by atoms with Crippen molar-refractivity contribution in [3.63, 3.8) is 0 Å². The van der Waals surface area contributed by atoms with Crippen LogP contribution in [0.5, 0.6) is 0 Å². The van der Waals surface area contributed by atoms with Gasteiger partial charge in [0.05, 0.1) is 16.6 Å². The standard InChI is InChI=1S/C19H16BrN3O2/c1-22-16(17-14(20)8-4-9-15(17)21-22)10-5-11-23-18(24)12-6-2-3-7-13(12)19(23)25/h2-4,6-9H,5,10-11H2,1H3. The number of halogens is 1. The Morgan fingerprint density at radius 1 is 1.00 bits per heavy atom. The summed E-state index contributed by atoms with van der Waals surface area (Å²) < 4.78 is 2.88. The van der Waals surface area contributed by atoms with Gasteiger partial charge in [0, 0.05) is 29.1 Å². The van der Waals surface area contributed by atoms with Gasteiger partial charge >= 0.3 is 0 Å².